The summed E-state index contributed by atoms with van der Waals surface area (Å²) in [6.45, 7) is 9.31. The van der Waals surface area contributed by atoms with E-state index >= 15 is 0 Å². The molecule has 80 valence electrons. The number of morpholine rings is 1. The van der Waals surface area contributed by atoms with Crippen LogP contribution < -0.4 is 4.90 Å². The second-order valence-corrected chi connectivity index (χ2v) is 2.84. The number of aryl methyl sites for hydroxylation is 1. The second kappa shape index (κ2) is 5.65. The van der Waals surface area contributed by atoms with Crippen LogP contribution in [0.25, 0.3) is 0 Å². The third kappa shape index (κ3) is 2.48. The van der Waals surface area contributed by atoms with Gasteiger partial charge in [0.2, 0.25) is 5.88 Å². The Kier molecular flexibility index (Phi) is 4.46. The third-order valence-corrected chi connectivity index (χ3v) is 2.02. The largest absolute Gasteiger partial charge is 0.428 e. The lowest BCUT2D eigenvalue weighted by molar-refractivity contribution is 0.120. The molecular formula is C10H18N2O2. The first-order chi connectivity index (χ1) is 6.88. The summed E-state index contributed by atoms with van der Waals surface area (Å²) in [5.41, 5.74) is 0.955. The van der Waals surface area contributed by atoms with E-state index in [4.69, 9.17) is 9.15 Å². The molecule has 4 nitrogen and oxygen atoms in total. The van der Waals surface area contributed by atoms with E-state index in [0.717, 1.165) is 37.9 Å². The quantitative estimate of drug-likeness (QED) is 0.690. The van der Waals surface area contributed by atoms with E-state index in [-0.39, 0.29) is 0 Å². The number of hydrogen-bond acceptors (Lipinski definition) is 4. The Morgan fingerprint density at radius 1 is 1.29 bits per heavy atom. The molecule has 1 aliphatic heterocycles. The highest BCUT2D eigenvalue weighted by Gasteiger charge is 2.16. The molecule has 1 aromatic heterocycles. The molecule has 0 aromatic carbocycles. The minimum atomic E-state index is 0.778. The van der Waals surface area contributed by atoms with E-state index < -0.39 is 0 Å². The number of aromatic nitrogens is 1. The van der Waals surface area contributed by atoms with Crippen molar-refractivity contribution >= 4 is 5.88 Å². The fraction of sp³-hybridized carbons (Fsp3) is 0.700. The lowest BCUT2D eigenvalue weighted by Gasteiger charge is -2.26. The van der Waals surface area contributed by atoms with Gasteiger partial charge in [-0.05, 0) is 6.92 Å². The molecule has 0 aliphatic carbocycles. The fourth-order valence-corrected chi connectivity index (χ4v) is 1.37. The molecule has 1 fully saturated rings. The molecule has 2 heterocycles. The van der Waals surface area contributed by atoms with Gasteiger partial charge in [-0.25, -0.2) is 4.98 Å². The normalized spacial score (nSPS) is 16.1. The van der Waals surface area contributed by atoms with Crippen molar-refractivity contribution in [2.75, 3.05) is 31.2 Å². The van der Waals surface area contributed by atoms with Crippen LogP contribution in [-0.2, 0) is 4.74 Å². The standard InChI is InChI=1S/C8H12N2O2.C2H6/c1-7-8(12-6-9-7)10-2-4-11-5-3-10;1-2/h6H,2-5H2,1H3;1-2H3. The van der Waals surface area contributed by atoms with Crippen LogP contribution in [0.2, 0.25) is 0 Å². The van der Waals surface area contributed by atoms with Gasteiger partial charge >= 0.3 is 0 Å². The highest BCUT2D eigenvalue weighted by atomic mass is 16.5. The van der Waals surface area contributed by atoms with Crippen LogP contribution in [-0.4, -0.2) is 31.3 Å². The minimum Gasteiger partial charge on any atom is -0.428 e. The maximum absolute atomic E-state index is 5.26. The molecule has 2 rings (SSSR count). The van der Waals surface area contributed by atoms with Crippen molar-refractivity contribution < 1.29 is 9.15 Å². The van der Waals surface area contributed by atoms with Crippen molar-refractivity contribution in [1.82, 2.24) is 4.98 Å². The van der Waals surface area contributed by atoms with Crippen LogP contribution in [0.5, 0.6) is 0 Å². The Labute approximate surface area is 84.9 Å². The van der Waals surface area contributed by atoms with Gasteiger partial charge in [0.25, 0.3) is 0 Å². The average molecular weight is 198 g/mol. The van der Waals surface area contributed by atoms with Crippen LogP contribution in [0.1, 0.15) is 19.5 Å². The molecule has 1 aliphatic rings. The van der Waals surface area contributed by atoms with Gasteiger partial charge in [0.05, 0.1) is 13.2 Å². The smallest absolute Gasteiger partial charge is 0.219 e. The van der Waals surface area contributed by atoms with Gasteiger partial charge in [0.1, 0.15) is 5.69 Å². The lowest BCUT2D eigenvalue weighted by atomic mass is 10.4. The number of ether oxygens (including phenoxy) is 1. The van der Waals surface area contributed by atoms with Gasteiger partial charge in [-0.15, -0.1) is 0 Å². The summed E-state index contributed by atoms with van der Waals surface area (Å²) in [5.74, 6) is 0.887. The van der Waals surface area contributed by atoms with Crippen LogP contribution in [0, 0.1) is 6.92 Å². The summed E-state index contributed by atoms with van der Waals surface area (Å²) >= 11 is 0. The predicted molar refractivity (Wildman–Crippen MR) is 55.6 cm³/mol. The van der Waals surface area contributed by atoms with Gasteiger partial charge in [0, 0.05) is 13.1 Å². The zero-order chi connectivity index (χ0) is 10.4. The van der Waals surface area contributed by atoms with Crippen molar-refractivity contribution in [2.24, 2.45) is 0 Å². The topological polar surface area (TPSA) is 38.5 Å². The van der Waals surface area contributed by atoms with E-state index in [2.05, 4.69) is 9.88 Å². The first-order valence-electron chi connectivity index (χ1n) is 5.11. The molecule has 0 unspecified atom stereocenters. The third-order valence-electron chi connectivity index (χ3n) is 2.02. The first kappa shape index (κ1) is 11.0. The average Bonchev–Trinajstić information content (AvgIpc) is 2.69. The first-order valence-corrected chi connectivity index (χ1v) is 5.11. The van der Waals surface area contributed by atoms with Gasteiger partial charge in [-0.3, -0.25) is 0 Å². The number of hydrogen-bond donors (Lipinski definition) is 0. The summed E-state index contributed by atoms with van der Waals surface area (Å²) in [6.07, 6.45) is 1.49. The zero-order valence-corrected chi connectivity index (χ0v) is 9.12. The number of nitrogens with zero attached hydrogens (tertiary/aromatic N) is 2. The van der Waals surface area contributed by atoms with Crippen molar-refractivity contribution in [2.45, 2.75) is 20.8 Å². The van der Waals surface area contributed by atoms with Gasteiger partial charge in [0.15, 0.2) is 6.39 Å². The molecule has 14 heavy (non-hydrogen) atoms. The minimum absolute atomic E-state index is 0.778. The SMILES string of the molecule is CC.Cc1ncoc1N1CCOCC1. The van der Waals surface area contributed by atoms with Crippen LogP contribution in [0.15, 0.2) is 10.8 Å². The van der Waals surface area contributed by atoms with Crippen LogP contribution >= 0.6 is 0 Å². The zero-order valence-electron chi connectivity index (χ0n) is 9.12. The molecule has 4 heteroatoms. The van der Waals surface area contributed by atoms with Gasteiger partial charge < -0.3 is 14.1 Å². The predicted octanol–water partition coefficient (Wildman–Crippen LogP) is 1.85. The number of anilines is 1. The molecule has 0 saturated carbocycles. The summed E-state index contributed by atoms with van der Waals surface area (Å²) < 4.78 is 10.5. The Morgan fingerprint density at radius 2 is 1.93 bits per heavy atom. The van der Waals surface area contributed by atoms with Crippen molar-refractivity contribution in [3.63, 3.8) is 0 Å². The van der Waals surface area contributed by atoms with E-state index in [0.29, 0.717) is 0 Å². The highest BCUT2D eigenvalue weighted by Crippen LogP contribution is 2.18. The van der Waals surface area contributed by atoms with Gasteiger partial charge in [-0.2, -0.15) is 0 Å². The van der Waals surface area contributed by atoms with Crippen molar-refractivity contribution in [1.29, 1.82) is 0 Å². The second-order valence-electron chi connectivity index (χ2n) is 2.84. The van der Waals surface area contributed by atoms with E-state index in [1.54, 1.807) is 0 Å². The Hall–Kier alpha value is -1.03. The summed E-state index contributed by atoms with van der Waals surface area (Å²) in [6, 6.07) is 0. The maximum Gasteiger partial charge on any atom is 0.219 e. The van der Waals surface area contributed by atoms with Crippen molar-refractivity contribution in [3.8, 4) is 0 Å². The molecule has 0 radical (unpaired) electrons. The lowest BCUT2D eigenvalue weighted by Crippen LogP contribution is -2.36. The fourth-order valence-electron chi connectivity index (χ4n) is 1.37. The molecule has 0 N–H and O–H groups in total. The summed E-state index contributed by atoms with van der Waals surface area (Å²) in [7, 11) is 0. The van der Waals surface area contributed by atoms with E-state index in [1.165, 1.54) is 6.39 Å². The Balaban J connectivity index is 0.000000461. The molecule has 0 bridgehead atoms. The summed E-state index contributed by atoms with van der Waals surface area (Å²) in [5, 5.41) is 0. The Bertz CT molecular complexity index is 254. The molecule has 0 spiro atoms. The molecule has 1 saturated heterocycles. The number of oxazole rings is 1. The maximum atomic E-state index is 5.26. The van der Waals surface area contributed by atoms with Crippen LogP contribution in [0.3, 0.4) is 0 Å². The molecule has 0 atom stereocenters. The number of rotatable bonds is 1. The molecular weight excluding hydrogens is 180 g/mol. The molecule has 1 aromatic rings. The molecule has 0 amide bonds. The monoisotopic (exact) mass is 198 g/mol. The van der Waals surface area contributed by atoms with E-state index in [1.807, 2.05) is 20.8 Å². The van der Waals surface area contributed by atoms with Crippen molar-refractivity contribution in [3.05, 3.63) is 12.1 Å². The van der Waals surface area contributed by atoms with Gasteiger partial charge in [-0.1, -0.05) is 13.8 Å². The highest BCUT2D eigenvalue weighted by molar-refractivity contribution is 5.39. The van der Waals surface area contributed by atoms with E-state index in [9.17, 15) is 0 Å². The summed E-state index contributed by atoms with van der Waals surface area (Å²) in [4.78, 5) is 6.20. The Morgan fingerprint density at radius 3 is 2.43 bits per heavy atom. The van der Waals surface area contributed by atoms with Crippen LogP contribution in [0.4, 0.5) is 5.88 Å².